The van der Waals surface area contributed by atoms with Gasteiger partial charge in [0.15, 0.2) is 0 Å². The molecule has 3 aromatic rings. The van der Waals surface area contributed by atoms with Crippen molar-refractivity contribution >= 4 is 33.4 Å². The van der Waals surface area contributed by atoms with Crippen LogP contribution in [-0.2, 0) is 13.0 Å². The highest BCUT2D eigenvalue weighted by Crippen LogP contribution is 2.22. The van der Waals surface area contributed by atoms with Gasteiger partial charge in [-0.05, 0) is 78.0 Å². The lowest BCUT2D eigenvalue weighted by Gasteiger charge is -2.15. The molecular weight excluding hydrogens is 438 g/mol. The van der Waals surface area contributed by atoms with Crippen LogP contribution in [0.3, 0.4) is 0 Å². The van der Waals surface area contributed by atoms with E-state index in [4.69, 9.17) is 0 Å². The van der Waals surface area contributed by atoms with Crippen LogP contribution in [0.25, 0.3) is 0 Å². The van der Waals surface area contributed by atoms with Crippen molar-refractivity contribution in [1.29, 1.82) is 0 Å². The second-order valence-corrected chi connectivity index (χ2v) is 8.57. The lowest BCUT2D eigenvalue weighted by atomic mass is 10.1. The van der Waals surface area contributed by atoms with Gasteiger partial charge < -0.3 is 10.6 Å². The molecule has 30 heavy (non-hydrogen) atoms. The van der Waals surface area contributed by atoms with Crippen LogP contribution in [-0.4, -0.2) is 34.5 Å². The van der Waals surface area contributed by atoms with E-state index in [0.717, 1.165) is 41.9 Å². The summed E-state index contributed by atoms with van der Waals surface area (Å²) in [5, 5.41) is 6.73. The second-order valence-electron chi connectivity index (χ2n) is 7.71. The number of benzene rings is 2. The highest BCUT2D eigenvalue weighted by molar-refractivity contribution is 9.10. The largest absolute Gasteiger partial charge is 0.369 e. The van der Waals surface area contributed by atoms with Crippen LogP contribution in [0.1, 0.15) is 30.4 Å². The first-order valence-corrected chi connectivity index (χ1v) is 11.4. The molecule has 0 spiro atoms. The van der Waals surface area contributed by atoms with Gasteiger partial charge in [0.25, 0.3) is 0 Å². The van der Waals surface area contributed by atoms with Gasteiger partial charge in [0.1, 0.15) is 5.82 Å². The Balaban J connectivity index is 1.30. The standard InChI is InChI=1S/C24H28BrN5/c25-22-17-27-24(29-23(22)26-14-6-9-19-7-2-1-3-8-19)28-21-12-10-20(11-13-21)18-30-15-4-5-16-30/h1-3,7-8,10-13,17H,4-6,9,14-16,18H2,(H2,26,27,28,29). The SMILES string of the molecule is Brc1cnc(Nc2ccc(CN3CCCC3)cc2)nc1NCCCc1ccccc1. The van der Waals surface area contributed by atoms with Crippen LogP contribution in [0.5, 0.6) is 0 Å². The maximum Gasteiger partial charge on any atom is 0.229 e. The average Bonchev–Trinajstić information content (AvgIpc) is 3.28. The van der Waals surface area contributed by atoms with Gasteiger partial charge in [-0.3, -0.25) is 4.90 Å². The summed E-state index contributed by atoms with van der Waals surface area (Å²) in [6.45, 7) is 4.32. The molecule has 0 radical (unpaired) electrons. The fourth-order valence-electron chi connectivity index (χ4n) is 3.72. The second kappa shape index (κ2) is 10.5. The zero-order valence-electron chi connectivity index (χ0n) is 17.1. The quantitative estimate of drug-likeness (QED) is 0.401. The van der Waals surface area contributed by atoms with Crippen molar-refractivity contribution in [2.24, 2.45) is 0 Å². The fourth-order valence-corrected chi connectivity index (χ4v) is 4.05. The third-order valence-electron chi connectivity index (χ3n) is 5.34. The number of anilines is 3. The number of halogens is 1. The van der Waals surface area contributed by atoms with E-state index in [2.05, 4.69) is 96.0 Å². The first-order valence-electron chi connectivity index (χ1n) is 10.6. The molecule has 156 valence electrons. The molecule has 0 unspecified atom stereocenters. The summed E-state index contributed by atoms with van der Waals surface area (Å²) in [4.78, 5) is 11.5. The van der Waals surface area contributed by atoms with Crippen molar-refractivity contribution < 1.29 is 0 Å². The molecule has 2 heterocycles. The molecule has 1 aliphatic rings. The van der Waals surface area contributed by atoms with Crippen molar-refractivity contribution in [2.45, 2.75) is 32.2 Å². The first-order chi connectivity index (χ1) is 14.8. The van der Waals surface area contributed by atoms with Crippen LogP contribution in [0.4, 0.5) is 17.5 Å². The third kappa shape index (κ3) is 6.03. The smallest absolute Gasteiger partial charge is 0.229 e. The Hall–Kier alpha value is -2.44. The highest BCUT2D eigenvalue weighted by Gasteiger charge is 2.11. The van der Waals surface area contributed by atoms with Crippen LogP contribution < -0.4 is 10.6 Å². The summed E-state index contributed by atoms with van der Waals surface area (Å²) in [6.07, 6.45) is 6.52. The van der Waals surface area contributed by atoms with Gasteiger partial charge in [-0.1, -0.05) is 42.5 Å². The van der Waals surface area contributed by atoms with E-state index in [1.165, 1.54) is 37.1 Å². The van der Waals surface area contributed by atoms with Crippen molar-refractivity contribution in [3.8, 4) is 0 Å². The van der Waals surface area contributed by atoms with Gasteiger partial charge in [-0.15, -0.1) is 0 Å². The minimum Gasteiger partial charge on any atom is -0.369 e. The van der Waals surface area contributed by atoms with Crippen LogP contribution in [0.2, 0.25) is 0 Å². The van der Waals surface area contributed by atoms with Gasteiger partial charge in [-0.25, -0.2) is 4.98 Å². The van der Waals surface area contributed by atoms with E-state index in [9.17, 15) is 0 Å². The molecule has 1 saturated heterocycles. The molecule has 6 heteroatoms. The van der Waals surface area contributed by atoms with Crippen LogP contribution in [0.15, 0.2) is 65.3 Å². The molecule has 1 fully saturated rings. The van der Waals surface area contributed by atoms with Crippen molar-refractivity contribution in [2.75, 3.05) is 30.3 Å². The molecule has 0 amide bonds. The maximum absolute atomic E-state index is 4.63. The number of nitrogens with one attached hydrogen (secondary N) is 2. The van der Waals surface area contributed by atoms with E-state index in [1.807, 2.05) is 0 Å². The summed E-state index contributed by atoms with van der Waals surface area (Å²) in [5.74, 6) is 1.40. The molecule has 1 aromatic heterocycles. The number of hydrogen-bond acceptors (Lipinski definition) is 5. The zero-order valence-corrected chi connectivity index (χ0v) is 18.7. The molecule has 2 aromatic carbocycles. The number of likely N-dealkylation sites (tertiary alicyclic amines) is 1. The van der Waals surface area contributed by atoms with Gasteiger partial charge in [0, 0.05) is 25.0 Å². The van der Waals surface area contributed by atoms with E-state index in [0.29, 0.717) is 5.95 Å². The van der Waals surface area contributed by atoms with E-state index in [-0.39, 0.29) is 0 Å². The monoisotopic (exact) mass is 465 g/mol. The lowest BCUT2D eigenvalue weighted by Crippen LogP contribution is -2.18. The van der Waals surface area contributed by atoms with Gasteiger partial charge >= 0.3 is 0 Å². The lowest BCUT2D eigenvalue weighted by molar-refractivity contribution is 0.331. The minimum atomic E-state index is 0.594. The van der Waals surface area contributed by atoms with Gasteiger partial charge in [0.2, 0.25) is 5.95 Å². The summed E-state index contributed by atoms with van der Waals surface area (Å²) < 4.78 is 0.869. The number of rotatable bonds is 9. The Morgan fingerprint density at radius 1 is 0.933 bits per heavy atom. The predicted octanol–water partition coefficient (Wildman–Crippen LogP) is 5.62. The molecule has 4 rings (SSSR count). The van der Waals surface area contributed by atoms with Crippen molar-refractivity contribution in [1.82, 2.24) is 14.9 Å². The van der Waals surface area contributed by atoms with Crippen LogP contribution in [0, 0.1) is 0 Å². The summed E-state index contributed by atoms with van der Waals surface area (Å²) in [7, 11) is 0. The number of nitrogens with zero attached hydrogens (tertiary/aromatic N) is 3. The summed E-state index contributed by atoms with van der Waals surface area (Å²) >= 11 is 3.54. The number of aromatic nitrogens is 2. The topological polar surface area (TPSA) is 53.1 Å². The number of aryl methyl sites for hydroxylation is 1. The highest BCUT2D eigenvalue weighted by atomic mass is 79.9. The Morgan fingerprint density at radius 3 is 2.47 bits per heavy atom. The molecular formula is C24H28BrN5. The Bertz CT molecular complexity index is 924. The molecule has 0 aliphatic carbocycles. The molecule has 0 bridgehead atoms. The first kappa shape index (κ1) is 20.8. The van der Waals surface area contributed by atoms with Gasteiger partial charge in [-0.2, -0.15) is 4.98 Å². The molecule has 0 atom stereocenters. The minimum absolute atomic E-state index is 0.594. The van der Waals surface area contributed by atoms with E-state index < -0.39 is 0 Å². The third-order valence-corrected chi connectivity index (χ3v) is 5.92. The van der Waals surface area contributed by atoms with Gasteiger partial charge in [0.05, 0.1) is 4.47 Å². The number of hydrogen-bond donors (Lipinski definition) is 2. The van der Waals surface area contributed by atoms with E-state index in [1.54, 1.807) is 6.20 Å². The molecule has 2 N–H and O–H groups in total. The van der Waals surface area contributed by atoms with Crippen molar-refractivity contribution in [3.63, 3.8) is 0 Å². The van der Waals surface area contributed by atoms with Crippen LogP contribution >= 0.6 is 15.9 Å². The molecule has 0 saturated carbocycles. The molecule has 1 aliphatic heterocycles. The maximum atomic E-state index is 4.63. The average molecular weight is 466 g/mol. The van der Waals surface area contributed by atoms with E-state index >= 15 is 0 Å². The molecule has 5 nitrogen and oxygen atoms in total. The summed E-state index contributed by atoms with van der Waals surface area (Å²) in [5.41, 5.74) is 3.70. The Morgan fingerprint density at radius 2 is 1.70 bits per heavy atom. The predicted molar refractivity (Wildman–Crippen MR) is 127 cm³/mol. The summed E-state index contributed by atoms with van der Waals surface area (Å²) in [6, 6.07) is 19.1. The Labute approximate surface area is 187 Å². The Kier molecular flexibility index (Phi) is 7.32. The fraction of sp³-hybridized carbons (Fsp3) is 0.333. The van der Waals surface area contributed by atoms with Crippen molar-refractivity contribution in [3.05, 3.63) is 76.4 Å². The normalized spacial score (nSPS) is 14.0. The zero-order chi connectivity index (χ0) is 20.6.